The third kappa shape index (κ3) is 2.38. The molecule has 3 heteroatoms. The van der Waals surface area contributed by atoms with E-state index in [9.17, 15) is 9.90 Å². The highest BCUT2D eigenvalue weighted by Gasteiger charge is 2.38. The quantitative estimate of drug-likeness (QED) is 0.664. The highest BCUT2D eigenvalue weighted by molar-refractivity contribution is 6.02. The van der Waals surface area contributed by atoms with E-state index in [0.717, 1.165) is 36.6 Å². The van der Waals surface area contributed by atoms with E-state index in [1.165, 1.54) is 0 Å². The standard InChI is InChI=1S/C17H20O3/c1-12-6-7-14-13(10-12)11-15(20-14)16(18)17(19)8-4-2-3-5-9-17/h6-7,10-11,19H,2-5,8-9H2,1H3. The van der Waals surface area contributed by atoms with E-state index in [1.54, 1.807) is 6.07 Å². The van der Waals surface area contributed by atoms with Crippen LogP contribution in [0.1, 0.15) is 54.6 Å². The van der Waals surface area contributed by atoms with Gasteiger partial charge >= 0.3 is 0 Å². The number of hydrogen-bond acceptors (Lipinski definition) is 3. The van der Waals surface area contributed by atoms with Crippen LogP contribution >= 0.6 is 0 Å². The van der Waals surface area contributed by atoms with Crippen LogP contribution in [0.2, 0.25) is 0 Å². The molecule has 0 unspecified atom stereocenters. The molecule has 1 aliphatic carbocycles. The minimum Gasteiger partial charge on any atom is -0.453 e. The van der Waals surface area contributed by atoms with Gasteiger partial charge in [0, 0.05) is 5.39 Å². The van der Waals surface area contributed by atoms with E-state index < -0.39 is 5.60 Å². The molecule has 3 nitrogen and oxygen atoms in total. The van der Waals surface area contributed by atoms with E-state index >= 15 is 0 Å². The molecule has 0 aliphatic heterocycles. The molecule has 1 aliphatic rings. The van der Waals surface area contributed by atoms with Crippen molar-refractivity contribution < 1.29 is 14.3 Å². The van der Waals surface area contributed by atoms with Crippen molar-refractivity contribution in [2.24, 2.45) is 0 Å². The first-order chi connectivity index (χ1) is 9.58. The maximum Gasteiger partial charge on any atom is 0.229 e. The molecule has 3 rings (SSSR count). The van der Waals surface area contributed by atoms with Gasteiger partial charge in [-0.3, -0.25) is 4.79 Å². The summed E-state index contributed by atoms with van der Waals surface area (Å²) in [5, 5.41) is 11.6. The predicted octanol–water partition coefficient (Wildman–Crippen LogP) is 4.01. The van der Waals surface area contributed by atoms with Crippen molar-refractivity contribution in [3.8, 4) is 0 Å². The van der Waals surface area contributed by atoms with Gasteiger partial charge in [0.05, 0.1) is 0 Å². The molecule has 0 radical (unpaired) electrons. The number of hydrogen-bond donors (Lipinski definition) is 1. The van der Waals surface area contributed by atoms with Crippen molar-refractivity contribution in [3.05, 3.63) is 35.6 Å². The molecule has 0 saturated heterocycles. The van der Waals surface area contributed by atoms with E-state index in [0.29, 0.717) is 18.4 Å². The second kappa shape index (κ2) is 5.06. The van der Waals surface area contributed by atoms with Crippen molar-refractivity contribution in [2.75, 3.05) is 0 Å². The number of aliphatic hydroxyl groups is 1. The summed E-state index contributed by atoms with van der Waals surface area (Å²) in [7, 11) is 0. The van der Waals surface area contributed by atoms with Gasteiger partial charge in [0.2, 0.25) is 5.78 Å². The number of carbonyl (C=O) groups is 1. The van der Waals surface area contributed by atoms with E-state index in [4.69, 9.17) is 4.42 Å². The largest absolute Gasteiger partial charge is 0.453 e. The van der Waals surface area contributed by atoms with Crippen molar-refractivity contribution in [3.63, 3.8) is 0 Å². The van der Waals surface area contributed by atoms with Crippen LogP contribution in [0.4, 0.5) is 0 Å². The molecule has 0 bridgehead atoms. The van der Waals surface area contributed by atoms with Gasteiger partial charge in [-0.2, -0.15) is 0 Å². The first kappa shape index (κ1) is 13.4. The first-order valence-corrected chi connectivity index (χ1v) is 7.36. The molecule has 0 spiro atoms. The molecule has 2 aromatic rings. The Balaban J connectivity index is 1.94. The van der Waals surface area contributed by atoms with Crippen molar-refractivity contribution in [2.45, 2.75) is 51.0 Å². The normalized spacial score (nSPS) is 18.9. The maximum absolute atomic E-state index is 12.6. The lowest BCUT2D eigenvalue weighted by molar-refractivity contribution is 0.0214. The van der Waals surface area contributed by atoms with E-state index in [-0.39, 0.29) is 11.5 Å². The molecule has 1 saturated carbocycles. The summed E-state index contributed by atoms with van der Waals surface area (Å²) >= 11 is 0. The van der Waals surface area contributed by atoms with Gasteiger partial charge in [0.15, 0.2) is 5.76 Å². The summed E-state index contributed by atoms with van der Waals surface area (Å²) in [6.45, 7) is 2.01. The molecule has 20 heavy (non-hydrogen) atoms. The van der Waals surface area contributed by atoms with Crippen LogP contribution in [0, 0.1) is 6.92 Å². The lowest BCUT2D eigenvalue weighted by Gasteiger charge is -2.23. The Morgan fingerprint density at radius 3 is 2.55 bits per heavy atom. The van der Waals surface area contributed by atoms with Gasteiger partial charge in [0.25, 0.3) is 0 Å². The fraction of sp³-hybridized carbons (Fsp3) is 0.471. The third-order valence-electron chi connectivity index (χ3n) is 4.25. The lowest BCUT2D eigenvalue weighted by atomic mass is 9.88. The van der Waals surface area contributed by atoms with Crippen LogP contribution in [0.15, 0.2) is 28.7 Å². The summed E-state index contributed by atoms with van der Waals surface area (Å²) in [4.78, 5) is 12.6. The Kier molecular flexibility index (Phi) is 3.38. The first-order valence-electron chi connectivity index (χ1n) is 7.36. The summed E-state index contributed by atoms with van der Waals surface area (Å²) in [6.07, 6.45) is 5.08. The van der Waals surface area contributed by atoms with Gasteiger partial charge in [0.1, 0.15) is 11.2 Å². The molecule has 1 N–H and O–H groups in total. The topological polar surface area (TPSA) is 50.4 Å². The fourth-order valence-corrected chi connectivity index (χ4v) is 3.04. The number of fused-ring (bicyclic) bond motifs is 1. The second-order valence-electron chi connectivity index (χ2n) is 5.93. The Bertz CT molecular complexity index is 631. The zero-order valence-electron chi connectivity index (χ0n) is 11.8. The van der Waals surface area contributed by atoms with Crippen LogP contribution in [-0.2, 0) is 0 Å². The minimum atomic E-state index is -1.24. The number of carbonyl (C=O) groups excluding carboxylic acids is 1. The zero-order chi connectivity index (χ0) is 14.2. The Labute approximate surface area is 118 Å². The number of furan rings is 1. The van der Waals surface area contributed by atoms with Gasteiger partial charge < -0.3 is 9.52 Å². The molecule has 1 aromatic carbocycles. The Morgan fingerprint density at radius 1 is 1.15 bits per heavy atom. The van der Waals surface area contributed by atoms with Gasteiger partial charge in [-0.1, -0.05) is 37.3 Å². The fourth-order valence-electron chi connectivity index (χ4n) is 3.04. The maximum atomic E-state index is 12.6. The van der Waals surface area contributed by atoms with E-state index in [2.05, 4.69) is 0 Å². The van der Waals surface area contributed by atoms with Crippen molar-refractivity contribution >= 4 is 16.8 Å². The summed E-state index contributed by atoms with van der Waals surface area (Å²) in [5.41, 5.74) is 0.598. The zero-order valence-corrected chi connectivity index (χ0v) is 11.8. The van der Waals surface area contributed by atoms with Gasteiger partial charge in [-0.05, 0) is 38.0 Å². The average molecular weight is 272 g/mol. The van der Waals surface area contributed by atoms with E-state index in [1.807, 2.05) is 25.1 Å². The minimum absolute atomic E-state index is 0.256. The van der Waals surface area contributed by atoms with Gasteiger partial charge in [-0.25, -0.2) is 0 Å². The molecular formula is C17H20O3. The third-order valence-corrected chi connectivity index (χ3v) is 4.25. The summed E-state index contributed by atoms with van der Waals surface area (Å²) in [6, 6.07) is 7.58. The number of Topliss-reactive ketones (excluding diaryl/α,β-unsaturated/α-hetero) is 1. The van der Waals surface area contributed by atoms with Crippen molar-refractivity contribution in [1.29, 1.82) is 0 Å². The molecule has 1 aromatic heterocycles. The summed E-state index contributed by atoms with van der Waals surface area (Å²) in [5.74, 6) is 0.0308. The highest BCUT2D eigenvalue weighted by Crippen LogP contribution is 2.32. The van der Waals surface area contributed by atoms with Crippen LogP contribution in [0.5, 0.6) is 0 Å². The van der Waals surface area contributed by atoms with Crippen molar-refractivity contribution in [1.82, 2.24) is 0 Å². The molecule has 1 heterocycles. The number of rotatable bonds is 2. The predicted molar refractivity (Wildman–Crippen MR) is 77.9 cm³/mol. The number of aryl methyl sites for hydroxylation is 1. The molecule has 0 amide bonds. The summed E-state index contributed by atoms with van der Waals surface area (Å²) < 4.78 is 5.63. The molecule has 106 valence electrons. The van der Waals surface area contributed by atoms with Crippen LogP contribution < -0.4 is 0 Å². The molecular weight excluding hydrogens is 252 g/mol. The Morgan fingerprint density at radius 2 is 1.85 bits per heavy atom. The van der Waals surface area contributed by atoms with Crippen LogP contribution in [0.3, 0.4) is 0 Å². The smallest absolute Gasteiger partial charge is 0.229 e. The monoisotopic (exact) mass is 272 g/mol. The molecule has 1 fully saturated rings. The second-order valence-corrected chi connectivity index (χ2v) is 5.93. The average Bonchev–Trinajstić information content (AvgIpc) is 2.71. The SMILES string of the molecule is Cc1ccc2oc(C(=O)C3(O)CCCCCC3)cc2c1. The number of benzene rings is 1. The van der Waals surface area contributed by atoms with Gasteiger partial charge in [-0.15, -0.1) is 0 Å². The van der Waals surface area contributed by atoms with Crippen LogP contribution in [-0.4, -0.2) is 16.5 Å². The van der Waals surface area contributed by atoms with Crippen LogP contribution in [0.25, 0.3) is 11.0 Å². The Hall–Kier alpha value is -1.61. The highest BCUT2D eigenvalue weighted by atomic mass is 16.4. The molecule has 0 atom stereocenters. The lowest BCUT2D eigenvalue weighted by Crippen LogP contribution is -2.37. The number of ketones is 1.